The lowest BCUT2D eigenvalue weighted by atomic mass is 10.2. The Kier molecular flexibility index (Phi) is 4.08. The van der Waals surface area contributed by atoms with Crippen LogP contribution in [0.15, 0.2) is 24.3 Å². The van der Waals surface area contributed by atoms with Gasteiger partial charge in [-0.2, -0.15) is 18.2 Å². The Morgan fingerprint density at radius 2 is 1.75 bits per heavy atom. The second-order valence-electron chi connectivity index (χ2n) is 5.31. The Morgan fingerprint density at radius 3 is 2.42 bits per heavy atom. The van der Waals surface area contributed by atoms with E-state index in [9.17, 15) is 13.2 Å². The molecular formula is C15H15F3N4O2. The normalized spacial score (nSPS) is 13.5. The van der Waals surface area contributed by atoms with Crippen LogP contribution in [0.25, 0.3) is 0 Å². The zero-order valence-corrected chi connectivity index (χ0v) is 13.0. The second kappa shape index (κ2) is 6.06. The van der Waals surface area contributed by atoms with Crippen molar-refractivity contribution < 1.29 is 22.6 Å². The highest BCUT2D eigenvalue weighted by molar-refractivity contribution is 5.61. The molecule has 0 bridgehead atoms. The minimum Gasteiger partial charge on any atom is -0.486 e. The number of fused-ring (bicyclic) bond motifs is 1. The highest BCUT2D eigenvalue weighted by atomic mass is 19.4. The van der Waals surface area contributed by atoms with Crippen molar-refractivity contribution in [3.63, 3.8) is 0 Å². The van der Waals surface area contributed by atoms with Crippen molar-refractivity contribution in [2.75, 3.05) is 37.5 Å². The molecule has 9 heteroatoms. The molecule has 0 radical (unpaired) electrons. The van der Waals surface area contributed by atoms with Crippen LogP contribution in [0, 0.1) is 0 Å². The summed E-state index contributed by atoms with van der Waals surface area (Å²) in [5.41, 5.74) is -0.510. The summed E-state index contributed by atoms with van der Waals surface area (Å²) in [7, 11) is 3.21. The summed E-state index contributed by atoms with van der Waals surface area (Å²) in [6.45, 7) is 0.879. The van der Waals surface area contributed by atoms with Crippen molar-refractivity contribution in [3.8, 4) is 11.5 Å². The molecule has 1 N–H and O–H groups in total. The minimum atomic E-state index is -4.56. The summed E-state index contributed by atoms with van der Waals surface area (Å²) in [6.07, 6.45) is -4.56. The summed E-state index contributed by atoms with van der Waals surface area (Å²) in [5, 5.41) is 2.78. The second-order valence-corrected chi connectivity index (χ2v) is 5.31. The molecule has 0 saturated heterocycles. The summed E-state index contributed by atoms with van der Waals surface area (Å²) in [4.78, 5) is 9.11. The molecule has 128 valence electrons. The van der Waals surface area contributed by atoms with Gasteiger partial charge >= 0.3 is 6.18 Å². The fourth-order valence-electron chi connectivity index (χ4n) is 2.11. The van der Waals surface area contributed by atoms with Crippen LogP contribution in [0.4, 0.5) is 30.6 Å². The van der Waals surface area contributed by atoms with Gasteiger partial charge in [0.25, 0.3) is 0 Å². The molecule has 3 rings (SSSR count). The smallest absolute Gasteiger partial charge is 0.433 e. The molecule has 0 fully saturated rings. The molecule has 0 spiro atoms. The summed E-state index contributed by atoms with van der Waals surface area (Å²) >= 11 is 0. The molecular weight excluding hydrogens is 325 g/mol. The molecule has 6 nitrogen and oxygen atoms in total. The average molecular weight is 340 g/mol. The monoisotopic (exact) mass is 340 g/mol. The van der Waals surface area contributed by atoms with Crippen LogP contribution >= 0.6 is 0 Å². The van der Waals surface area contributed by atoms with E-state index in [2.05, 4.69) is 15.3 Å². The predicted molar refractivity (Wildman–Crippen MR) is 82.1 cm³/mol. The van der Waals surface area contributed by atoms with E-state index < -0.39 is 11.9 Å². The number of alkyl halides is 3. The SMILES string of the molecule is CN(C)c1cc(C(F)(F)F)nc(Nc2ccc3c(c2)OCCO3)n1. The fraction of sp³-hybridized carbons (Fsp3) is 0.333. The first-order chi connectivity index (χ1) is 11.3. The number of hydrogen-bond donors (Lipinski definition) is 1. The number of nitrogens with one attached hydrogen (secondary N) is 1. The van der Waals surface area contributed by atoms with Crippen LogP contribution in [0.5, 0.6) is 11.5 Å². The van der Waals surface area contributed by atoms with E-state index in [1.807, 2.05) is 0 Å². The van der Waals surface area contributed by atoms with Crippen LogP contribution in [-0.4, -0.2) is 37.3 Å². The van der Waals surface area contributed by atoms with Crippen molar-refractivity contribution in [2.24, 2.45) is 0 Å². The Balaban J connectivity index is 1.93. The third-order valence-corrected chi connectivity index (χ3v) is 3.26. The van der Waals surface area contributed by atoms with Gasteiger partial charge in [-0.1, -0.05) is 0 Å². The van der Waals surface area contributed by atoms with E-state index in [-0.39, 0.29) is 11.8 Å². The molecule has 0 saturated carbocycles. The van der Waals surface area contributed by atoms with Crippen LogP contribution < -0.4 is 19.7 Å². The van der Waals surface area contributed by atoms with Crippen molar-refractivity contribution in [2.45, 2.75) is 6.18 Å². The first-order valence-electron chi connectivity index (χ1n) is 7.13. The Morgan fingerprint density at radius 1 is 1.04 bits per heavy atom. The summed E-state index contributed by atoms with van der Waals surface area (Å²) in [5.74, 6) is 1.11. The van der Waals surface area contributed by atoms with Gasteiger partial charge in [-0.25, -0.2) is 4.98 Å². The van der Waals surface area contributed by atoms with Crippen molar-refractivity contribution >= 4 is 17.5 Å². The molecule has 0 atom stereocenters. The zero-order chi connectivity index (χ0) is 17.3. The number of hydrogen-bond acceptors (Lipinski definition) is 6. The third kappa shape index (κ3) is 3.44. The molecule has 24 heavy (non-hydrogen) atoms. The Labute approximate surface area is 136 Å². The van der Waals surface area contributed by atoms with Gasteiger partial charge in [-0.3, -0.25) is 0 Å². The van der Waals surface area contributed by atoms with Crippen molar-refractivity contribution in [1.29, 1.82) is 0 Å². The maximum atomic E-state index is 13.0. The highest BCUT2D eigenvalue weighted by Gasteiger charge is 2.34. The van der Waals surface area contributed by atoms with Crippen LogP contribution in [0.3, 0.4) is 0 Å². The number of benzene rings is 1. The molecule has 1 aliphatic rings. The average Bonchev–Trinajstić information content (AvgIpc) is 2.53. The van der Waals surface area contributed by atoms with Gasteiger partial charge < -0.3 is 19.7 Å². The third-order valence-electron chi connectivity index (χ3n) is 3.26. The number of rotatable bonds is 3. The van der Waals surface area contributed by atoms with Gasteiger partial charge in [0, 0.05) is 31.9 Å². The van der Waals surface area contributed by atoms with E-state index >= 15 is 0 Å². The quantitative estimate of drug-likeness (QED) is 0.927. The lowest BCUT2D eigenvalue weighted by molar-refractivity contribution is -0.141. The number of anilines is 3. The van der Waals surface area contributed by atoms with Gasteiger partial charge in [0.2, 0.25) is 5.95 Å². The summed E-state index contributed by atoms with van der Waals surface area (Å²) < 4.78 is 49.9. The fourth-order valence-corrected chi connectivity index (χ4v) is 2.11. The van der Waals surface area contributed by atoms with E-state index in [0.717, 1.165) is 6.07 Å². The number of nitrogens with zero attached hydrogens (tertiary/aromatic N) is 3. The molecule has 0 amide bonds. The number of aromatic nitrogens is 2. The van der Waals surface area contributed by atoms with Gasteiger partial charge in [-0.05, 0) is 12.1 Å². The molecule has 1 aromatic heterocycles. The van der Waals surface area contributed by atoms with E-state index in [1.165, 1.54) is 4.90 Å². The molecule has 1 aliphatic heterocycles. The van der Waals surface area contributed by atoms with Crippen LogP contribution in [0.1, 0.15) is 5.69 Å². The standard InChI is InChI=1S/C15H15F3N4O2/c1-22(2)13-8-12(15(16,17)18)20-14(21-13)19-9-3-4-10-11(7-9)24-6-5-23-10/h3-4,7-8H,5-6H2,1-2H3,(H,19,20,21). The molecule has 0 aliphatic carbocycles. The van der Waals surface area contributed by atoms with Crippen molar-refractivity contribution in [1.82, 2.24) is 9.97 Å². The lowest BCUT2D eigenvalue weighted by Gasteiger charge is -2.19. The molecule has 0 unspecified atom stereocenters. The molecule has 2 aromatic rings. The summed E-state index contributed by atoms with van der Waals surface area (Å²) in [6, 6.07) is 5.87. The topological polar surface area (TPSA) is 59.5 Å². The molecule has 1 aromatic carbocycles. The van der Waals surface area contributed by atoms with E-state index in [1.54, 1.807) is 32.3 Å². The van der Waals surface area contributed by atoms with Crippen LogP contribution in [0.2, 0.25) is 0 Å². The van der Waals surface area contributed by atoms with Gasteiger partial charge in [-0.15, -0.1) is 0 Å². The van der Waals surface area contributed by atoms with Gasteiger partial charge in [0.1, 0.15) is 19.0 Å². The Bertz CT molecular complexity index is 750. The van der Waals surface area contributed by atoms with Crippen molar-refractivity contribution in [3.05, 3.63) is 30.0 Å². The highest BCUT2D eigenvalue weighted by Crippen LogP contribution is 2.34. The molecule has 2 heterocycles. The number of ether oxygens (including phenoxy) is 2. The zero-order valence-electron chi connectivity index (χ0n) is 13.0. The maximum Gasteiger partial charge on any atom is 0.433 e. The minimum absolute atomic E-state index is 0.148. The van der Waals surface area contributed by atoms with E-state index in [0.29, 0.717) is 30.4 Å². The lowest BCUT2D eigenvalue weighted by Crippen LogP contribution is -2.17. The van der Waals surface area contributed by atoms with Gasteiger partial charge in [0.05, 0.1) is 0 Å². The number of halogens is 3. The van der Waals surface area contributed by atoms with Gasteiger partial charge in [0.15, 0.2) is 17.2 Å². The van der Waals surface area contributed by atoms with Crippen LogP contribution in [-0.2, 0) is 6.18 Å². The first-order valence-corrected chi connectivity index (χ1v) is 7.13. The Hall–Kier alpha value is -2.71. The predicted octanol–water partition coefficient (Wildman–Crippen LogP) is 3.08. The first kappa shape index (κ1) is 16.2. The largest absolute Gasteiger partial charge is 0.486 e. The maximum absolute atomic E-state index is 13.0. The van der Waals surface area contributed by atoms with E-state index in [4.69, 9.17) is 9.47 Å².